The fourth-order valence-corrected chi connectivity index (χ4v) is 3.83. The summed E-state index contributed by atoms with van der Waals surface area (Å²) in [5.41, 5.74) is 1.80. The van der Waals surface area contributed by atoms with Gasteiger partial charge in [0.25, 0.3) is 10.0 Å². The monoisotopic (exact) mass is 395 g/mol. The van der Waals surface area contributed by atoms with Crippen molar-refractivity contribution >= 4 is 15.7 Å². The van der Waals surface area contributed by atoms with Gasteiger partial charge in [-0.3, -0.25) is 9.40 Å². The highest BCUT2D eigenvalue weighted by Gasteiger charge is 2.21. The van der Waals surface area contributed by atoms with Gasteiger partial charge in [0.1, 0.15) is 5.82 Å². The van der Waals surface area contributed by atoms with Crippen LogP contribution >= 0.6 is 0 Å². The Labute approximate surface area is 154 Å². The van der Waals surface area contributed by atoms with E-state index in [0.717, 1.165) is 12.1 Å². The molecule has 27 heavy (non-hydrogen) atoms. The molecule has 5 nitrogen and oxygen atoms in total. The second-order valence-electron chi connectivity index (χ2n) is 6.01. The zero-order valence-electron chi connectivity index (χ0n) is 14.5. The van der Waals surface area contributed by atoms with Crippen molar-refractivity contribution in [2.45, 2.75) is 25.3 Å². The van der Waals surface area contributed by atoms with Gasteiger partial charge in [-0.05, 0) is 49.7 Å². The third kappa shape index (κ3) is 3.97. The van der Waals surface area contributed by atoms with Gasteiger partial charge >= 0.3 is 0 Å². The van der Waals surface area contributed by atoms with Crippen molar-refractivity contribution < 1.29 is 21.6 Å². The minimum atomic E-state index is -4.13. The zero-order chi connectivity index (χ0) is 19.8. The summed E-state index contributed by atoms with van der Waals surface area (Å²) in [6.45, 7) is 3.51. The molecule has 3 rings (SSSR count). The Morgan fingerprint density at radius 2 is 1.78 bits per heavy atom. The van der Waals surface area contributed by atoms with E-state index in [4.69, 9.17) is 0 Å². The predicted molar refractivity (Wildman–Crippen MR) is 94.4 cm³/mol. The number of nitrogens with zero attached hydrogens (tertiary/aromatic N) is 2. The van der Waals surface area contributed by atoms with Crippen LogP contribution in [0.5, 0.6) is 0 Å². The summed E-state index contributed by atoms with van der Waals surface area (Å²) in [7, 11) is -4.13. The van der Waals surface area contributed by atoms with Crippen LogP contribution in [0.25, 0.3) is 0 Å². The Morgan fingerprint density at radius 3 is 2.44 bits per heavy atom. The minimum absolute atomic E-state index is 0.233. The second-order valence-corrected chi connectivity index (χ2v) is 7.70. The van der Waals surface area contributed by atoms with Gasteiger partial charge in [-0.25, -0.2) is 21.6 Å². The standard InChI is InChI=1S/C18H16F3N3O2S/c1-11-18(23-27(25,26)15-6-7-16(20)17(21)9-15)12(2)24(22-11)10-13-4-3-5-14(19)8-13/h3-9,23H,10H2,1-2H3. The average molecular weight is 395 g/mol. The molecule has 0 radical (unpaired) electrons. The minimum Gasteiger partial charge on any atom is -0.276 e. The molecule has 1 N–H and O–H groups in total. The Hall–Kier alpha value is -2.81. The number of nitrogens with one attached hydrogen (secondary N) is 1. The molecule has 0 bridgehead atoms. The van der Waals surface area contributed by atoms with E-state index in [1.165, 1.54) is 16.8 Å². The molecule has 1 aromatic heterocycles. The predicted octanol–water partition coefficient (Wildman–Crippen LogP) is 3.77. The van der Waals surface area contributed by atoms with Crippen molar-refractivity contribution in [3.05, 3.63) is 76.9 Å². The second kappa shape index (κ2) is 7.07. The van der Waals surface area contributed by atoms with E-state index >= 15 is 0 Å². The van der Waals surface area contributed by atoms with E-state index < -0.39 is 26.6 Å². The smallest absolute Gasteiger partial charge is 0.262 e. The highest BCUT2D eigenvalue weighted by molar-refractivity contribution is 7.92. The van der Waals surface area contributed by atoms with Gasteiger partial charge in [-0.1, -0.05) is 12.1 Å². The van der Waals surface area contributed by atoms with E-state index in [-0.39, 0.29) is 18.0 Å². The van der Waals surface area contributed by atoms with Crippen LogP contribution in [-0.4, -0.2) is 18.2 Å². The molecule has 0 saturated heterocycles. The van der Waals surface area contributed by atoms with Crippen LogP contribution in [0.2, 0.25) is 0 Å². The summed E-state index contributed by atoms with van der Waals surface area (Å²) in [4.78, 5) is -0.405. The van der Waals surface area contributed by atoms with Crippen molar-refractivity contribution in [3.63, 3.8) is 0 Å². The molecule has 142 valence electrons. The normalized spacial score (nSPS) is 11.6. The molecule has 9 heteroatoms. The van der Waals surface area contributed by atoms with E-state index in [1.807, 2.05) is 0 Å². The van der Waals surface area contributed by atoms with E-state index in [0.29, 0.717) is 23.0 Å². The molecule has 3 aromatic rings. The average Bonchev–Trinajstić information content (AvgIpc) is 2.84. The molecule has 0 aliphatic carbocycles. The third-order valence-corrected chi connectivity index (χ3v) is 5.39. The van der Waals surface area contributed by atoms with Crippen LogP contribution in [0.1, 0.15) is 17.0 Å². The highest BCUT2D eigenvalue weighted by Crippen LogP contribution is 2.25. The first kappa shape index (κ1) is 19.0. The van der Waals surface area contributed by atoms with E-state index in [9.17, 15) is 21.6 Å². The number of benzene rings is 2. The number of hydrogen-bond donors (Lipinski definition) is 1. The number of rotatable bonds is 5. The maximum atomic E-state index is 13.4. The number of aromatic nitrogens is 2. The molecule has 0 aliphatic rings. The Kier molecular flexibility index (Phi) is 4.97. The maximum Gasteiger partial charge on any atom is 0.262 e. The quantitative estimate of drug-likeness (QED) is 0.715. The summed E-state index contributed by atoms with van der Waals surface area (Å²) in [6.07, 6.45) is 0. The zero-order valence-corrected chi connectivity index (χ0v) is 15.3. The van der Waals surface area contributed by atoms with Crippen LogP contribution in [0.15, 0.2) is 47.4 Å². The number of halogens is 3. The van der Waals surface area contributed by atoms with Crippen LogP contribution in [0, 0.1) is 31.3 Å². The molecule has 0 amide bonds. The lowest BCUT2D eigenvalue weighted by molar-refractivity contribution is 0.504. The van der Waals surface area contributed by atoms with Crippen LogP contribution in [-0.2, 0) is 16.6 Å². The molecule has 0 aliphatic heterocycles. The van der Waals surface area contributed by atoms with E-state index in [2.05, 4.69) is 9.82 Å². The Bertz CT molecular complexity index is 1110. The molecule has 2 aromatic carbocycles. The fraction of sp³-hybridized carbons (Fsp3) is 0.167. The summed E-state index contributed by atoms with van der Waals surface area (Å²) >= 11 is 0. The van der Waals surface area contributed by atoms with Gasteiger partial charge in [0.15, 0.2) is 11.6 Å². The molecule has 1 heterocycles. The lowest BCUT2D eigenvalue weighted by Crippen LogP contribution is -2.15. The van der Waals surface area contributed by atoms with Crippen molar-refractivity contribution in [2.24, 2.45) is 0 Å². The van der Waals surface area contributed by atoms with Gasteiger partial charge in [-0.15, -0.1) is 0 Å². The fourth-order valence-electron chi connectivity index (χ4n) is 2.64. The molecule has 0 fully saturated rings. The number of hydrogen-bond acceptors (Lipinski definition) is 3. The molecular formula is C18H16F3N3O2S. The van der Waals surface area contributed by atoms with E-state index in [1.54, 1.807) is 26.0 Å². The van der Waals surface area contributed by atoms with Gasteiger partial charge in [0, 0.05) is 0 Å². The summed E-state index contributed by atoms with van der Waals surface area (Å²) in [5, 5.41) is 4.28. The van der Waals surface area contributed by atoms with Crippen molar-refractivity contribution in [1.29, 1.82) is 0 Å². The maximum absolute atomic E-state index is 13.4. The molecule has 0 atom stereocenters. The first-order chi connectivity index (χ1) is 12.7. The topological polar surface area (TPSA) is 64.0 Å². The molecule has 0 unspecified atom stereocenters. The summed E-state index contributed by atoms with van der Waals surface area (Å²) in [5.74, 6) is -2.77. The van der Waals surface area contributed by atoms with Crippen LogP contribution in [0.4, 0.5) is 18.9 Å². The molecular weight excluding hydrogens is 379 g/mol. The summed E-state index contributed by atoms with van der Waals surface area (Å²) < 4.78 is 68.7. The van der Waals surface area contributed by atoms with Gasteiger partial charge in [0.05, 0.1) is 28.5 Å². The number of anilines is 1. The first-order valence-corrected chi connectivity index (χ1v) is 9.42. The van der Waals surface area contributed by atoms with Crippen molar-refractivity contribution in [1.82, 2.24) is 9.78 Å². The SMILES string of the molecule is Cc1nn(Cc2cccc(F)c2)c(C)c1NS(=O)(=O)c1ccc(F)c(F)c1. The lowest BCUT2D eigenvalue weighted by atomic mass is 10.2. The van der Waals surface area contributed by atoms with Gasteiger partial charge in [0.2, 0.25) is 0 Å². The largest absolute Gasteiger partial charge is 0.276 e. The van der Waals surface area contributed by atoms with Crippen molar-refractivity contribution in [2.75, 3.05) is 4.72 Å². The summed E-state index contributed by atoms with van der Waals surface area (Å²) in [6, 6.07) is 8.32. The number of sulfonamides is 1. The highest BCUT2D eigenvalue weighted by atomic mass is 32.2. The first-order valence-electron chi connectivity index (χ1n) is 7.93. The lowest BCUT2D eigenvalue weighted by Gasteiger charge is -2.09. The van der Waals surface area contributed by atoms with Gasteiger partial charge < -0.3 is 0 Å². The number of aryl methyl sites for hydroxylation is 1. The van der Waals surface area contributed by atoms with Crippen LogP contribution in [0.3, 0.4) is 0 Å². The third-order valence-electron chi connectivity index (χ3n) is 4.04. The van der Waals surface area contributed by atoms with Gasteiger partial charge in [-0.2, -0.15) is 5.10 Å². The molecule has 0 spiro atoms. The van der Waals surface area contributed by atoms with Crippen molar-refractivity contribution in [3.8, 4) is 0 Å². The Morgan fingerprint density at radius 1 is 1.04 bits per heavy atom. The van der Waals surface area contributed by atoms with Crippen LogP contribution < -0.4 is 4.72 Å². The Balaban J connectivity index is 1.91. The molecule has 0 saturated carbocycles.